The van der Waals surface area contributed by atoms with Gasteiger partial charge in [-0.15, -0.1) is 0 Å². The van der Waals surface area contributed by atoms with Crippen molar-refractivity contribution in [1.82, 2.24) is 9.88 Å². The summed E-state index contributed by atoms with van der Waals surface area (Å²) in [6.07, 6.45) is 8.29. The molecule has 1 atom stereocenters. The molecule has 0 radical (unpaired) electrons. The van der Waals surface area contributed by atoms with E-state index in [1.54, 1.807) is 12.1 Å². The molecule has 5 rings (SSSR count). The van der Waals surface area contributed by atoms with Gasteiger partial charge in [-0.1, -0.05) is 19.3 Å². The second-order valence-corrected chi connectivity index (χ2v) is 10.6. The van der Waals surface area contributed by atoms with E-state index in [0.717, 1.165) is 35.5 Å². The molecular weight excluding hydrogens is 428 g/mol. The Hall–Kier alpha value is -2.85. The zero-order chi connectivity index (χ0) is 23.9. The van der Waals surface area contributed by atoms with E-state index < -0.39 is 0 Å². The quantitative estimate of drug-likeness (QED) is 0.652. The van der Waals surface area contributed by atoms with Crippen molar-refractivity contribution in [3.05, 3.63) is 46.5 Å². The molecule has 2 aliphatic heterocycles. The average Bonchev–Trinajstić information content (AvgIpc) is 3.37. The molecule has 0 spiro atoms. The first-order valence-corrected chi connectivity index (χ1v) is 12.6. The Morgan fingerprint density at radius 1 is 1.21 bits per heavy atom. The van der Waals surface area contributed by atoms with E-state index in [1.807, 2.05) is 4.90 Å². The number of carbonyl (C=O) groups is 1. The molecule has 0 aromatic carbocycles. The summed E-state index contributed by atoms with van der Waals surface area (Å²) in [4.78, 5) is 22.2. The molecule has 34 heavy (non-hydrogen) atoms. The van der Waals surface area contributed by atoms with Crippen LogP contribution in [0.25, 0.3) is 0 Å². The number of rotatable bonds is 3. The number of fused-ring (bicyclic) bond motifs is 1. The summed E-state index contributed by atoms with van der Waals surface area (Å²) in [5, 5.41) is 10.3. The maximum Gasteiger partial charge on any atom is 0.289 e. The largest absolute Gasteiger partial charge is 0.459 e. The van der Waals surface area contributed by atoms with Crippen LogP contribution < -0.4 is 4.90 Å². The van der Waals surface area contributed by atoms with Gasteiger partial charge in [0, 0.05) is 43.6 Å². The summed E-state index contributed by atoms with van der Waals surface area (Å²) in [5.41, 5.74) is 3.78. The third-order valence-corrected chi connectivity index (χ3v) is 7.66. The van der Waals surface area contributed by atoms with E-state index >= 15 is 0 Å². The summed E-state index contributed by atoms with van der Waals surface area (Å²) in [5.74, 6) is 1.50. The number of carbonyl (C=O) groups excluding carboxylic acids is 1. The first-order valence-electron chi connectivity index (χ1n) is 12.6. The number of furan rings is 1. The Balaban J connectivity index is 1.50. The van der Waals surface area contributed by atoms with E-state index in [9.17, 15) is 10.1 Å². The minimum Gasteiger partial charge on any atom is -0.459 e. The topological polar surface area (TPSA) is 82.6 Å². The van der Waals surface area contributed by atoms with E-state index in [4.69, 9.17) is 14.1 Å². The standard InChI is InChI=1S/C27H34N4O3/c1-18-16-30(11-12-31(18)26(32)23-10-7-13-33-23)25-21(15-28)20-14-27(2,3)34-17-22(20)24(29-25)19-8-5-4-6-9-19/h7,10,13,18-19H,4-6,8-9,11-12,14,16-17H2,1-3H3. The fraction of sp³-hybridized carbons (Fsp3) is 0.593. The Morgan fingerprint density at radius 3 is 2.68 bits per heavy atom. The number of amides is 1. The maximum absolute atomic E-state index is 12.9. The van der Waals surface area contributed by atoms with Gasteiger partial charge in [0.05, 0.1) is 29.7 Å². The smallest absolute Gasteiger partial charge is 0.289 e. The molecule has 2 aromatic rings. The molecule has 3 aliphatic rings. The van der Waals surface area contributed by atoms with Gasteiger partial charge in [-0.3, -0.25) is 4.79 Å². The molecule has 1 aliphatic carbocycles. The highest BCUT2D eigenvalue weighted by Crippen LogP contribution is 2.41. The molecule has 2 fully saturated rings. The van der Waals surface area contributed by atoms with Crippen LogP contribution in [0.15, 0.2) is 22.8 Å². The van der Waals surface area contributed by atoms with Gasteiger partial charge < -0.3 is 19.0 Å². The Morgan fingerprint density at radius 2 is 2.00 bits per heavy atom. The highest BCUT2D eigenvalue weighted by molar-refractivity contribution is 5.91. The lowest BCUT2D eigenvalue weighted by Crippen LogP contribution is -2.54. The summed E-state index contributed by atoms with van der Waals surface area (Å²) in [6, 6.07) is 5.93. The van der Waals surface area contributed by atoms with Crippen LogP contribution >= 0.6 is 0 Å². The van der Waals surface area contributed by atoms with E-state index in [2.05, 4.69) is 31.7 Å². The zero-order valence-electron chi connectivity index (χ0n) is 20.5. The molecule has 7 nitrogen and oxygen atoms in total. The lowest BCUT2D eigenvalue weighted by atomic mass is 9.81. The molecule has 4 heterocycles. The second kappa shape index (κ2) is 9.07. The number of aromatic nitrogens is 1. The monoisotopic (exact) mass is 462 g/mol. The van der Waals surface area contributed by atoms with Crippen molar-refractivity contribution in [1.29, 1.82) is 5.26 Å². The van der Waals surface area contributed by atoms with Crippen molar-refractivity contribution in [3.63, 3.8) is 0 Å². The number of ether oxygens (including phenoxy) is 1. The fourth-order valence-corrected chi connectivity index (χ4v) is 5.83. The minimum atomic E-state index is -0.303. The van der Waals surface area contributed by atoms with Crippen molar-refractivity contribution in [3.8, 4) is 6.07 Å². The third-order valence-electron chi connectivity index (χ3n) is 7.66. The van der Waals surface area contributed by atoms with E-state index in [0.29, 0.717) is 49.9 Å². The highest BCUT2D eigenvalue weighted by Gasteiger charge is 2.37. The van der Waals surface area contributed by atoms with Crippen LogP contribution in [0.1, 0.15) is 91.7 Å². The molecule has 2 aromatic heterocycles. The zero-order valence-corrected chi connectivity index (χ0v) is 20.5. The number of hydrogen-bond acceptors (Lipinski definition) is 6. The van der Waals surface area contributed by atoms with Gasteiger partial charge in [0.25, 0.3) is 5.91 Å². The van der Waals surface area contributed by atoms with Crippen LogP contribution in [-0.2, 0) is 17.8 Å². The van der Waals surface area contributed by atoms with Crippen molar-refractivity contribution >= 4 is 11.7 Å². The van der Waals surface area contributed by atoms with Crippen molar-refractivity contribution in [2.24, 2.45) is 0 Å². The van der Waals surface area contributed by atoms with Gasteiger partial charge in [-0.2, -0.15) is 5.26 Å². The number of piperazine rings is 1. The molecule has 180 valence electrons. The Kier molecular flexibility index (Phi) is 6.11. The summed E-state index contributed by atoms with van der Waals surface area (Å²) in [7, 11) is 0. The van der Waals surface area contributed by atoms with Crippen molar-refractivity contribution < 1.29 is 13.9 Å². The molecule has 1 saturated heterocycles. The first-order chi connectivity index (χ1) is 16.4. The van der Waals surface area contributed by atoms with Crippen LogP contribution in [0.5, 0.6) is 0 Å². The second-order valence-electron chi connectivity index (χ2n) is 10.6. The molecule has 7 heteroatoms. The van der Waals surface area contributed by atoms with Crippen LogP contribution in [0.3, 0.4) is 0 Å². The first kappa shape index (κ1) is 22.9. The lowest BCUT2D eigenvalue weighted by molar-refractivity contribution is -0.0409. The number of nitriles is 1. The van der Waals surface area contributed by atoms with Gasteiger partial charge in [-0.05, 0) is 51.3 Å². The Labute approximate surface area is 201 Å². The van der Waals surface area contributed by atoms with Crippen LogP contribution in [0.4, 0.5) is 5.82 Å². The molecular formula is C27H34N4O3. The normalized spacial score (nSPS) is 22.8. The summed E-state index contributed by atoms with van der Waals surface area (Å²) in [6.45, 7) is 8.61. The number of hydrogen-bond donors (Lipinski definition) is 0. The fourth-order valence-electron chi connectivity index (χ4n) is 5.83. The van der Waals surface area contributed by atoms with Gasteiger partial charge >= 0.3 is 0 Å². The molecule has 1 unspecified atom stereocenters. The van der Waals surface area contributed by atoms with Gasteiger partial charge in [0.1, 0.15) is 11.9 Å². The average molecular weight is 463 g/mol. The summed E-state index contributed by atoms with van der Waals surface area (Å²) < 4.78 is 11.5. The number of nitrogens with zero attached hydrogens (tertiary/aromatic N) is 4. The van der Waals surface area contributed by atoms with Crippen LogP contribution in [0.2, 0.25) is 0 Å². The van der Waals surface area contributed by atoms with Crippen LogP contribution in [-0.4, -0.2) is 47.1 Å². The van der Waals surface area contributed by atoms with Gasteiger partial charge in [-0.25, -0.2) is 4.98 Å². The predicted molar refractivity (Wildman–Crippen MR) is 129 cm³/mol. The van der Waals surface area contributed by atoms with Crippen molar-refractivity contribution in [2.75, 3.05) is 24.5 Å². The molecule has 1 amide bonds. The van der Waals surface area contributed by atoms with E-state index in [-0.39, 0.29) is 17.6 Å². The number of pyridine rings is 1. The minimum absolute atomic E-state index is 0.0198. The van der Waals surface area contributed by atoms with Crippen LogP contribution in [0, 0.1) is 11.3 Å². The van der Waals surface area contributed by atoms with Gasteiger partial charge in [0.2, 0.25) is 0 Å². The highest BCUT2D eigenvalue weighted by atomic mass is 16.5. The Bertz CT molecular complexity index is 1100. The maximum atomic E-state index is 12.9. The lowest BCUT2D eigenvalue weighted by Gasteiger charge is -2.42. The number of anilines is 1. The van der Waals surface area contributed by atoms with Crippen molar-refractivity contribution in [2.45, 2.75) is 83.5 Å². The summed E-state index contributed by atoms with van der Waals surface area (Å²) >= 11 is 0. The SMILES string of the molecule is CC1CN(c2nc(C3CCCCC3)c3c(c2C#N)CC(C)(C)OC3)CCN1C(=O)c1ccco1. The molecule has 0 bridgehead atoms. The molecule has 1 saturated carbocycles. The molecule has 0 N–H and O–H groups in total. The van der Waals surface area contributed by atoms with Gasteiger partial charge in [0.15, 0.2) is 5.76 Å². The third kappa shape index (κ3) is 4.20. The van der Waals surface area contributed by atoms with E-state index in [1.165, 1.54) is 25.5 Å². The predicted octanol–water partition coefficient (Wildman–Crippen LogP) is 4.80.